The molecule has 4 nitrogen and oxygen atoms in total. The topological polar surface area (TPSA) is 54.0 Å². The van der Waals surface area contributed by atoms with Crippen molar-refractivity contribution in [3.8, 4) is 0 Å². The summed E-state index contributed by atoms with van der Waals surface area (Å²) < 4.78 is 0. The van der Waals surface area contributed by atoms with Gasteiger partial charge < -0.3 is 10.6 Å². The van der Waals surface area contributed by atoms with E-state index in [1.165, 1.54) is 5.56 Å². The molecule has 0 saturated carbocycles. The summed E-state index contributed by atoms with van der Waals surface area (Å²) in [5.41, 5.74) is 2.31. The number of carbonyl (C=O) groups excluding carboxylic acids is 1. The lowest BCUT2D eigenvalue weighted by Crippen LogP contribution is -2.28. The van der Waals surface area contributed by atoms with Crippen LogP contribution in [0.15, 0.2) is 54.7 Å². The van der Waals surface area contributed by atoms with E-state index in [9.17, 15) is 4.79 Å². The van der Waals surface area contributed by atoms with E-state index < -0.39 is 0 Å². The number of pyridine rings is 1. The molecule has 0 aliphatic carbocycles. The van der Waals surface area contributed by atoms with E-state index in [2.05, 4.69) is 27.8 Å². The maximum Gasteiger partial charge on any atom is 0.221 e. The monoisotopic (exact) mass is 297 g/mol. The summed E-state index contributed by atoms with van der Waals surface area (Å²) in [6.07, 6.45) is 4.24. The van der Waals surface area contributed by atoms with E-state index >= 15 is 0 Å². The van der Waals surface area contributed by atoms with Crippen molar-refractivity contribution >= 4 is 5.91 Å². The predicted octanol–water partition coefficient (Wildman–Crippen LogP) is 2.31. The summed E-state index contributed by atoms with van der Waals surface area (Å²) in [7, 11) is 0. The molecule has 2 N–H and O–H groups in total. The summed E-state index contributed by atoms with van der Waals surface area (Å²) in [5.74, 6) is 0.0987. The quantitative estimate of drug-likeness (QED) is 0.698. The molecule has 22 heavy (non-hydrogen) atoms. The number of rotatable bonds is 9. The third-order valence-electron chi connectivity index (χ3n) is 3.37. The van der Waals surface area contributed by atoms with Gasteiger partial charge in [0.25, 0.3) is 0 Å². The third kappa shape index (κ3) is 6.50. The van der Waals surface area contributed by atoms with Gasteiger partial charge in [0.1, 0.15) is 0 Å². The highest BCUT2D eigenvalue weighted by molar-refractivity contribution is 5.75. The summed E-state index contributed by atoms with van der Waals surface area (Å²) in [6.45, 7) is 2.09. The Bertz CT molecular complexity index is 493. The second-order valence-electron chi connectivity index (χ2n) is 5.19. The van der Waals surface area contributed by atoms with Gasteiger partial charge >= 0.3 is 0 Å². The molecule has 1 aromatic heterocycles. The van der Waals surface area contributed by atoms with Crippen LogP contribution in [0.25, 0.3) is 0 Å². The average molecular weight is 297 g/mol. The maximum atomic E-state index is 11.7. The Kier molecular flexibility index (Phi) is 7.12. The molecule has 0 unspecified atom stereocenters. The maximum absolute atomic E-state index is 11.7. The van der Waals surface area contributed by atoms with Crippen molar-refractivity contribution in [2.24, 2.45) is 0 Å². The fourth-order valence-electron chi connectivity index (χ4n) is 2.17. The van der Waals surface area contributed by atoms with E-state index in [1.54, 1.807) is 6.20 Å². The fraction of sp³-hybridized carbons (Fsp3) is 0.333. The lowest BCUT2D eigenvalue weighted by atomic mass is 10.1. The molecule has 0 saturated heterocycles. The van der Waals surface area contributed by atoms with Gasteiger partial charge in [0, 0.05) is 32.3 Å². The van der Waals surface area contributed by atoms with Crippen LogP contribution in [-0.2, 0) is 17.8 Å². The molecule has 0 bridgehead atoms. The second kappa shape index (κ2) is 9.68. The molecular weight excluding hydrogens is 274 g/mol. The Morgan fingerprint density at radius 1 is 1.00 bits per heavy atom. The molecule has 0 atom stereocenters. The molecule has 0 radical (unpaired) electrons. The summed E-state index contributed by atoms with van der Waals surface area (Å²) in [6, 6.07) is 16.2. The van der Waals surface area contributed by atoms with Crippen molar-refractivity contribution in [1.82, 2.24) is 15.6 Å². The molecule has 0 fully saturated rings. The Morgan fingerprint density at radius 2 is 1.82 bits per heavy atom. The minimum Gasteiger partial charge on any atom is -0.356 e. The molecule has 1 aromatic carbocycles. The van der Waals surface area contributed by atoms with Gasteiger partial charge in [0.05, 0.1) is 5.69 Å². The average Bonchev–Trinajstić information content (AvgIpc) is 2.57. The first-order valence-corrected chi connectivity index (χ1v) is 7.76. The van der Waals surface area contributed by atoms with Crippen LogP contribution < -0.4 is 10.6 Å². The number of amides is 1. The standard InChI is InChI=1S/C18H23N3O/c22-18(11-14-19-15-17-10-4-5-12-20-17)21-13-6-9-16-7-2-1-3-8-16/h1-5,7-8,10,12,19H,6,9,11,13-15H2,(H,21,22). The highest BCUT2D eigenvalue weighted by Crippen LogP contribution is 2.01. The molecule has 2 aromatic rings. The first-order valence-electron chi connectivity index (χ1n) is 7.76. The number of aromatic nitrogens is 1. The number of hydrogen-bond donors (Lipinski definition) is 2. The van der Waals surface area contributed by atoms with Crippen LogP contribution in [-0.4, -0.2) is 24.0 Å². The Morgan fingerprint density at radius 3 is 2.59 bits per heavy atom. The zero-order valence-electron chi connectivity index (χ0n) is 12.8. The number of nitrogens with zero attached hydrogens (tertiary/aromatic N) is 1. The van der Waals surface area contributed by atoms with Gasteiger partial charge in [-0.3, -0.25) is 9.78 Å². The van der Waals surface area contributed by atoms with Gasteiger partial charge in [0.2, 0.25) is 5.91 Å². The van der Waals surface area contributed by atoms with Crippen LogP contribution in [0, 0.1) is 0 Å². The first kappa shape index (κ1) is 16.2. The fourth-order valence-corrected chi connectivity index (χ4v) is 2.17. The summed E-state index contributed by atoms with van der Waals surface area (Å²) in [4.78, 5) is 15.9. The van der Waals surface area contributed by atoms with Crippen LogP contribution in [0.5, 0.6) is 0 Å². The molecule has 0 aliphatic rings. The highest BCUT2D eigenvalue weighted by atomic mass is 16.1. The zero-order chi connectivity index (χ0) is 15.5. The second-order valence-corrected chi connectivity index (χ2v) is 5.19. The predicted molar refractivity (Wildman–Crippen MR) is 88.3 cm³/mol. The molecule has 4 heteroatoms. The normalized spacial score (nSPS) is 10.4. The van der Waals surface area contributed by atoms with Crippen molar-refractivity contribution in [3.63, 3.8) is 0 Å². The lowest BCUT2D eigenvalue weighted by molar-refractivity contribution is -0.121. The molecular formula is C18H23N3O. The van der Waals surface area contributed by atoms with Gasteiger partial charge in [-0.15, -0.1) is 0 Å². The van der Waals surface area contributed by atoms with Crippen LogP contribution >= 0.6 is 0 Å². The van der Waals surface area contributed by atoms with Gasteiger partial charge in [-0.25, -0.2) is 0 Å². The third-order valence-corrected chi connectivity index (χ3v) is 3.37. The first-order chi connectivity index (χ1) is 10.8. The van der Waals surface area contributed by atoms with Gasteiger partial charge in [-0.2, -0.15) is 0 Å². The summed E-state index contributed by atoms with van der Waals surface area (Å²) in [5, 5.41) is 6.18. The van der Waals surface area contributed by atoms with E-state index in [0.717, 1.165) is 25.1 Å². The minimum absolute atomic E-state index is 0.0987. The number of aryl methyl sites for hydroxylation is 1. The van der Waals surface area contributed by atoms with E-state index in [4.69, 9.17) is 0 Å². The Hall–Kier alpha value is -2.20. The van der Waals surface area contributed by atoms with Crippen molar-refractivity contribution in [1.29, 1.82) is 0 Å². The van der Waals surface area contributed by atoms with Crippen LogP contribution in [0.4, 0.5) is 0 Å². The van der Waals surface area contributed by atoms with Crippen molar-refractivity contribution in [3.05, 3.63) is 66.0 Å². The van der Waals surface area contributed by atoms with Crippen LogP contribution in [0.3, 0.4) is 0 Å². The Balaban J connectivity index is 1.49. The molecule has 1 amide bonds. The number of carbonyl (C=O) groups is 1. The molecule has 2 rings (SSSR count). The smallest absolute Gasteiger partial charge is 0.221 e. The highest BCUT2D eigenvalue weighted by Gasteiger charge is 2.00. The van der Waals surface area contributed by atoms with Crippen LogP contribution in [0.2, 0.25) is 0 Å². The molecule has 0 spiro atoms. The number of nitrogens with one attached hydrogen (secondary N) is 2. The van der Waals surface area contributed by atoms with Gasteiger partial charge in [-0.05, 0) is 30.5 Å². The van der Waals surface area contributed by atoms with Gasteiger partial charge in [0.15, 0.2) is 0 Å². The lowest BCUT2D eigenvalue weighted by Gasteiger charge is -2.06. The number of benzene rings is 1. The van der Waals surface area contributed by atoms with Crippen molar-refractivity contribution in [2.45, 2.75) is 25.8 Å². The van der Waals surface area contributed by atoms with E-state index in [-0.39, 0.29) is 5.91 Å². The van der Waals surface area contributed by atoms with E-state index in [1.807, 2.05) is 36.4 Å². The van der Waals surface area contributed by atoms with Crippen molar-refractivity contribution in [2.75, 3.05) is 13.1 Å². The molecule has 1 heterocycles. The van der Waals surface area contributed by atoms with Gasteiger partial charge in [-0.1, -0.05) is 36.4 Å². The van der Waals surface area contributed by atoms with Crippen LogP contribution in [0.1, 0.15) is 24.1 Å². The SMILES string of the molecule is O=C(CCNCc1ccccn1)NCCCc1ccccc1. The molecule has 116 valence electrons. The largest absolute Gasteiger partial charge is 0.356 e. The van der Waals surface area contributed by atoms with Crippen molar-refractivity contribution < 1.29 is 4.79 Å². The number of hydrogen-bond acceptors (Lipinski definition) is 3. The van der Waals surface area contributed by atoms with E-state index in [0.29, 0.717) is 19.5 Å². The minimum atomic E-state index is 0.0987. The Labute approximate surface area is 132 Å². The summed E-state index contributed by atoms with van der Waals surface area (Å²) >= 11 is 0. The zero-order valence-corrected chi connectivity index (χ0v) is 12.8. The molecule has 0 aliphatic heterocycles.